The highest BCUT2D eigenvalue weighted by Gasteiger charge is 2.49. The second-order valence-electron chi connectivity index (χ2n) is 8.95. The Bertz CT molecular complexity index is 1090. The summed E-state index contributed by atoms with van der Waals surface area (Å²) in [4.78, 5) is 12.1. The Kier molecular flexibility index (Phi) is 4.12. The third-order valence-corrected chi connectivity index (χ3v) is 13.8. The van der Waals surface area contributed by atoms with E-state index in [1.165, 1.54) is 11.3 Å². The monoisotopic (exact) mass is 410 g/mol. The zero-order chi connectivity index (χ0) is 20.6. The van der Waals surface area contributed by atoms with Crippen molar-refractivity contribution in [3.63, 3.8) is 0 Å². The van der Waals surface area contributed by atoms with Crippen molar-refractivity contribution in [2.45, 2.75) is 46.5 Å². The average Bonchev–Trinajstić information content (AvgIpc) is 3.03. The van der Waals surface area contributed by atoms with Crippen molar-refractivity contribution in [3.8, 4) is 11.1 Å². The highest BCUT2D eigenvalue weighted by molar-refractivity contribution is 7.06. The van der Waals surface area contributed by atoms with Crippen LogP contribution in [-0.2, 0) is 10.5 Å². The molecule has 3 nitrogen and oxygen atoms in total. The number of amides is 1. The molecule has 0 atom stereocenters. The molecule has 0 saturated heterocycles. The minimum atomic E-state index is -2.20. The van der Waals surface area contributed by atoms with E-state index in [0.717, 1.165) is 38.6 Å². The molecule has 0 fully saturated rings. The summed E-state index contributed by atoms with van der Waals surface area (Å²) in [6.45, 7) is 12.6. The smallest absolute Gasteiger partial charge is 0.269 e. The lowest BCUT2D eigenvalue weighted by atomic mass is 9.91. The molecular weight excluding hydrogens is 385 g/mol. The summed E-state index contributed by atoms with van der Waals surface area (Å²) in [6, 6.07) is 5.28. The fraction of sp³-hybridized carbons (Fsp3) is 0.318. The predicted molar refractivity (Wildman–Crippen MR) is 117 cm³/mol. The summed E-state index contributed by atoms with van der Waals surface area (Å²) in [7, 11) is -4.38. The van der Waals surface area contributed by atoms with Gasteiger partial charge in [0.05, 0.1) is 0 Å². The molecule has 0 spiro atoms. The lowest BCUT2D eigenvalue weighted by molar-refractivity contribution is 0.0991. The van der Waals surface area contributed by atoms with Gasteiger partial charge in [-0.05, 0) is 96.8 Å². The molecule has 145 valence electrons. The summed E-state index contributed by atoms with van der Waals surface area (Å²) >= 11 is 0. The SMILES string of the molecule is CC1=Cc2c(-c3c(C)c(C([NH])=O)cc4c3[Si](C)(C)O[Si]4(C)C)ccc(F)c2C1. The van der Waals surface area contributed by atoms with Crippen LogP contribution < -0.4 is 16.1 Å². The molecular formula is C22H25FNO2Si2. The van der Waals surface area contributed by atoms with E-state index in [-0.39, 0.29) is 5.82 Å². The van der Waals surface area contributed by atoms with Gasteiger partial charge in [-0.3, -0.25) is 10.5 Å². The summed E-state index contributed by atoms with van der Waals surface area (Å²) in [6.07, 6.45) is 2.67. The van der Waals surface area contributed by atoms with Gasteiger partial charge in [0.15, 0.2) is 0 Å². The zero-order valence-corrected chi connectivity index (χ0v) is 19.2. The number of carbonyl (C=O) groups is 1. The lowest BCUT2D eigenvalue weighted by Gasteiger charge is -2.24. The second kappa shape index (κ2) is 5.98. The van der Waals surface area contributed by atoms with Gasteiger partial charge in [0, 0.05) is 5.56 Å². The highest BCUT2D eigenvalue weighted by atomic mass is 28.4. The molecule has 4 rings (SSSR count). The van der Waals surface area contributed by atoms with Crippen molar-refractivity contribution in [1.29, 1.82) is 0 Å². The number of rotatable bonds is 2. The van der Waals surface area contributed by atoms with Crippen LogP contribution in [0.1, 0.15) is 34.0 Å². The molecule has 1 N–H and O–H groups in total. The molecule has 1 aliphatic carbocycles. The van der Waals surface area contributed by atoms with Gasteiger partial charge in [0.25, 0.3) is 5.91 Å². The molecule has 0 saturated carbocycles. The number of allylic oxidation sites excluding steroid dienone is 1. The van der Waals surface area contributed by atoms with Gasteiger partial charge in [-0.25, -0.2) is 4.39 Å². The first-order valence-electron chi connectivity index (χ1n) is 9.57. The number of fused-ring (bicyclic) bond motifs is 2. The first kappa shape index (κ1) is 19.3. The summed E-state index contributed by atoms with van der Waals surface area (Å²) in [5.74, 6) is -0.862. The normalized spacial score (nSPS) is 18.6. The summed E-state index contributed by atoms with van der Waals surface area (Å²) < 4.78 is 21.1. The molecule has 2 aromatic carbocycles. The Labute approximate surface area is 167 Å². The van der Waals surface area contributed by atoms with Crippen LogP contribution in [0, 0.1) is 12.7 Å². The second-order valence-corrected chi connectivity index (χ2v) is 16.8. The number of hydrogen-bond acceptors (Lipinski definition) is 2. The Morgan fingerprint density at radius 1 is 1.14 bits per heavy atom. The van der Waals surface area contributed by atoms with Crippen LogP contribution in [0.4, 0.5) is 4.39 Å². The Balaban J connectivity index is 2.16. The third-order valence-electron chi connectivity index (χ3n) is 6.01. The molecule has 0 bridgehead atoms. The van der Waals surface area contributed by atoms with E-state index in [1.807, 2.05) is 26.0 Å². The molecule has 1 amide bonds. The molecule has 1 heterocycles. The van der Waals surface area contributed by atoms with E-state index in [9.17, 15) is 9.18 Å². The van der Waals surface area contributed by atoms with Crippen molar-refractivity contribution >= 4 is 39.0 Å². The van der Waals surface area contributed by atoms with Gasteiger partial charge >= 0.3 is 0 Å². The van der Waals surface area contributed by atoms with E-state index < -0.39 is 22.5 Å². The maximum atomic E-state index is 14.5. The number of nitrogens with one attached hydrogen (secondary N) is 1. The highest BCUT2D eigenvalue weighted by Crippen LogP contribution is 2.39. The van der Waals surface area contributed by atoms with Crippen LogP contribution >= 0.6 is 0 Å². The van der Waals surface area contributed by atoms with Crippen LogP contribution in [0.2, 0.25) is 26.2 Å². The minimum Gasteiger partial charge on any atom is -0.449 e. The largest absolute Gasteiger partial charge is 0.449 e. The fourth-order valence-electron chi connectivity index (χ4n) is 4.98. The molecule has 28 heavy (non-hydrogen) atoms. The molecule has 6 heteroatoms. The maximum Gasteiger partial charge on any atom is 0.269 e. The van der Waals surface area contributed by atoms with Crippen LogP contribution in [0.15, 0.2) is 23.8 Å². The lowest BCUT2D eigenvalue weighted by Crippen LogP contribution is -2.46. The molecule has 2 aliphatic rings. The van der Waals surface area contributed by atoms with Crippen molar-refractivity contribution in [2.75, 3.05) is 0 Å². The average molecular weight is 411 g/mol. The maximum absolute atomic E-state index is 14.5. The van der Waals surface area contributed by atoms with E-state index in [4.69, 9.17) is 9.85 Å². The van der Waals surface area contributed by atoms with Crippen LogP contribution in [0.5, 0.6) is 0 Å². The first-order chi connectivity index (χ1) is 12.9. The molecule has 2 aromatic rings. The Hall–Kier alpha value is -2.03. The van der Waals surface area contributed by atoms with Gasteiger partial charge < -0.3 is 4.12 Å². The molecule has 1 aliphatic heterocycles. The Morgan fingerprint density at radius 2 is 1.82 bits per heavy atom. The van der Waals surface area contributed by atoms with E-state index in [0.29, 0.717) is 12.0 Å². The number of carbonyl (C=O) groups excluding carboxylic acids is 1. The van der Waals surface area contributed by atoms with Crippen LogP contribution in [0.3, 0.4) is 0 Å². The van der Waals surface area contributed by atoms with Gasteiger partial charge in [0.1, 0.15) is 5.82 Å². The summed E-state index contributed by atoms with van der Waals surface area (Å²) in [5, 5.41) is 2.34. The number of halogens is 1. The number of benzene rings is 2. The number of hydrogen-bond donors (Lipinski definition) is 0. The predicted octanol–water partition coefficient (Wildman–Crippen LogP) is 4.04. The quantitative estimate of drug-likeness (QED) is 0.702. The molecule has 0 aromatic heterocycles. The topological polar surface area (TPSA) is 50.1 Å². The minimum absolute atomic E-state index is 0.184. The van der Waals surface area contributed by atoms with Gasteiger partial charge in [0.2, 0.25) is 16.6 Å². The molecule has 1 radical (unpaired) electrons. The van der Waals surface area contributed by atoms with Crippen molar-refractivity contribution in [3.05, 3.63) is 51.8 Å². The van der Waals surface area contributed by atoms with Crippen molar-refractivity contribution < 1.29 is 13.3 Å². The first-order valence-corrected chi connectivity index (χ1v) is 15.4. The Morgan fingerprint density at radius 3 is 2.46 bits per heavy atom. The van der Waals surface area contributed by atoms with Gasteiger partial charge in [-0.15, -0.1) is 0 Å². The van der Waals surface area contributed by atoms with Crippen LogP contribution in [-0.4, -0.2) is 22.5 Å². The standard InChI is InChI=1S/C22H25FNO2Si2/c1-12-9-16-14(7-8-18(23)17(16)10-12)20-13(2)15(22(24)25)11-19-21(20)28(5,6)26-27(19,3)4/h7-9,11,24H,10H2,1-6H3. The van der Waals surface area contributed by atoms with Crippen LogP contribution in [0.25, 0.3) is 17.2 Å². The zero-order valence-electron chi connectivity index (χ0n) is 17.2. The van der Waals surface area contributed by atoms with E-state index in [2.05, 4.69) is 32.3 Å². The van der Waals surface area contributed by atoms with E-state index in [1.54, 1.807) is 0 Å². The van der Waals surface area contributed by atoms with Gasteiger partial charge in [-0.1, -0.05) is 17.7 Å². The van der Waals surface area contributed by atoms with Gasteiger partial charge in [-0.2, -0.15) is 0 Å². The third kappa shape index (κ3) is 2.66. The van der Waals surface area contributed by atoms with Crippen molar-refractivity contribution in [1.82, 2.24) is 5.73 Å². The van der Waals surface area contributed by atoms with Crippen molar-refractivity contribution in [2.24, 2.45) is 0 Å². The van der Waals surface area contributed by atoms with E-state index >= 15 is 0 Å². The fourth-order valence-corrected chi connectivity index (χ4v) is 15.6. The summed E-state index contributed by atoms with van der Waals surface area (Å²) in [5.41, 5.74) is 13.8. The molecule has 0 unspecified atom stereocenters.